The van der Waals surface area contributed by atoms with E-state index in [9.17, 15) is 18.3 Å². The lowest BCUT2D eigenvalue weighted by Crippen LogP contribution is -2.47. The number of nitrogens with one attached hydrogen (secondary N) is 1. The molecule has 26 heavy (non-hydrogen) atoms. The lowest BCUT2D eigenvalue weighted by molar-refractivity contribution is 0.00696. The van der Waals surface area contributed by atoms with Crippen molar-refractivity contribution >= 4 is 21.8 Å². The van der Waals surface area contributed by atoms with Crippen LogP contribution in [-0.2, 0) is 14.8 Å². The molecule has 3 rings (SSSR count). The number of sulfonamides is 1. The Bertz CT molecular complexity index is 881. The van der Waals surface area contributed by atoms with Gasteiger partial charge in [0.05, 0.1) is 19.0 Å². The standard InChI is InChI=1S/C16H19N3O6S/c1-26(22,23)19-7-8-24-12(10-19)9-17-15-13(16(20)21)14(25-18-15)11-5-3-2-4-6-11/h2-6,12H,7-10H2,1H3,(H,17,18)(H,20,21). The Kier molecular flexibility index (Phi) is 5.25. The number of carbonyl (C=O) groups is 1. The number of carboxylic acids is 1. The fourth-order valence-electron chi connectivity index (χ4n) is 2.72. The average Bonchev–Trinajstić information content (AvgIpc) is 3.04. The third kappa shape index (κ3) is 4.03. The van der Waals surface area contributed by atoms with Crippen molar-refractivity contribution in [1.82, 2.24) is 9.46 Å². The second kappa shape index (κ2) is 7.44. The van der Waals surface area contributed by atoms with Crippen molar-refractivity contribution < 1.29 is 27.6 Å². The number of rotatable bonds is 6. The molecule has 1 aromatic carbocycles. The van der Waals surface area contributed by atoms with E-state index in [0.717, 1.165) is 6.26 Å². The smallest absolute Gasteiger partial charge is 0.343 e. The lowest BCUT2D eigenvalue weighted by atomic mass is 10.1. The van der Waals surface area contributed by atoms with Gasteiger partial charge in [-0.1, -0.05) is 35.5 Å². The summed E-state index contributed by atoms with van der Waals surface area (Å²) in [7, 11) is -3.30. The molecule has 140 valence electrons. The number of hydrogen-bond donors (Lipinski definition) is 2. The van der Waals surface area contributed by atoms with E-state index in [1.807, 2.05) is 6.07 Å². The summed E-state index contributed by atoms with van der Waals surface area (Å²) in [4.78, 5) is 11.7. The first-order valence-corrected chi connectivity index (χ1v) is 9.80. The van der Waals surface area contributed by atoms with Gasteiger partial charge in [-0.2, -0.15) is 4.31 Å². The molecule has 1 unspecified atom stereocenters. The Labute approximate surface area is 150 Å². The van der Waals surface area contributed by atoms with Crippen molar-refractivity contribution in [2.45, 2.75) is 6.10 Å². The Balaban J connectivity index is 1.74. The maximum absolute atomic E-state index is 11.7. The molecule has 0 spiro atoms. The first-order chi connectivity index (χ1) is 12.4. The van der Waals surface area contributed by atoms with Gasteiger partial charge in [0.25, 0.3) is 0 Å². The molecule has 0 radical (unpaired) electrons. The van der Waals surface area contributed by atoms with E-state index < -0.39 is 22.1 Å². The highest BCUT2D eigenvalue weighted by Gasteiger charge is 2.28. The molecule has 1 fully saturated rings. The van der Waals surface area contributed by atoms with E-state index in [-0.39, 0.29) is 36.8 Å². The molecule has 1 aliphatic rings. The predicted octanol–water partition coefficient (Wildman–Crippen LogP) is 1.11. The van der Waals surface area contributed by atoms with E-state index in [2.05, 4.69) is 10.5 Å². The Hall–Kier alpha value is -2.43. The minimum atomic E-state index is -3.30. The number of aromatic nitrogens is 1. The molecule has 0 saturated carbocycles. The summed E-state index contributed by atoms with van der Waals surface area (Å²) in [5.74, 6) is -0.936. The van der Waals surface area contributed by atoms with Gasteiger partial charge < -0.3 is 19.7 Å². The summed E-state index contributed by atoms with van der Waals surface area (Å²) in [5.41, 5.74) is 0.523. The van der Waals surface area contributed by atoms with Gasteiger partial charge in [0.1, 0.15) is 0 Å². The molecular formula is C16H19N3O6S. The van der Waals surface area contributed by atoms with E-state index in [0.29, 0.717) is 12.1 Å². The molecular weight excluding hydrogens is 362 g/mol. The van der Waals surface area contributed by atoms with Crippen LogP contribution in [0.25, 0.3) is 11.3 Å². The molecule has 1 saturated heterocycles. The summed E-state index contributed by atoms with van der Waals surface area (Å²) < 4.78 is 35.4. The molecule has 2 N–H and O–H groups in total. The van der Waals surface area contributed by atoms with Crippen LogP contribution in [0.2, 0.25) is 0 Å². The zero-order valence-corrected chi connectivity index (χ0v) is 14.9. The Morgan fingerprint density at radius 1 is 1.38 bits per heavy atom. The quantitative estimate of drug-likeness (QED) is 0.763. The topological polar surface area (TPSA) is 122 Å². The third-order valence-electron chi connectivity index (χ3n) is 4.01. The van der Waals surface area contributed by atoms with Gasteiger partial charge in [-0.15, -0.1) is 0 Å². The Morgan fingerprint density at radius 2 is 2.12 bits per heavy atom. The van der Waals surface area contributed by atoms with Crippen molar-refractivity contribution in [2.24, 2.45) is 0 Å². The van der Waals surface area contributed by atoms with Crippen LogP contribution in [0.4, 0.5) is 5.82 Å². The fourth-order valence-corrected chi connectivity index (χ4v) is 3.57. The lowest BCUT2D eigenvalue weighted by Gasteiger charge is -2.31. The van der Waals surface area contributed by atoms with Gasteiger partial charge in [0, 0.05) is 25.2 Å². The second-order valence-corrected chi connectivity index (χ2v) is 7.88. The number of benzene rings is 1. The van der Waals surface area contributed by atoms with Crippen molar-refractivity contribution in [1.29, 1.82) is 0 Å². The van der Waals surface area contributed by atoms with Gasteiger partial charge in [-0.3, -0.25) is 0 Å². The number of aromatic carboxylic acids is 1. The second-order valence-electron chi connectivity index (χ2n) is 5.90. The summed E-state index contributed by atoms with van der Waals surface area (Å²) in [6.45, 7) is 0.974. The first-order valence-electron chi connectivity index (χ1n) is 7.95. The van der Waals surface area contributed by atoms with E-state index >= 15 is 0 Å². The number of hydrogen-bond acceptors (Lipinski definition) is 7. The number of ether oxygens (including phenoxy) is 1. The summed E-state index contributed by atoms with van der Waals surface area (Å²) in [5, 5.41) is 16.2. The molecule has 10 heteroatoms. The minimum Gasteiger partial charge on any atom is -0.477 e. The molecule has 1 aliphatic heterocycles. The van der Waals surface area contributed by atoms with Crippen molar-refractivity contribution in [3.8, 4) is 11.3 Å². The summed E-state index contributed by atoms with van der Waals surface area (Å²) >= 11 is 0. The van der Waals surface area contributed by atoms with Crippen molar-refractivity contribution in [3.63, 3.8) is 0 Å². The van der Waals surface area contributed by atoms with Gasteiger partial charge in [0.15, 0.2) is 17.1 Å². The van der Waals surface area contributed by atoms with Gasteiger partial charge in [-0.25, -0.2) is 13.2 Å². The normalized spacial score (nSPS) is 18.6. The monoisotopic (exact) mass is 381 g/mol. The maximum atomic E-state index is 11.7. The predicted molar refractivity (Wildman–Crippen MR) is 93.5 cm³/mol. The molecule has 2 heterocycles. The summed E-state index contributed by atoms with van der Waals surface area (Å²) in [6.07, 6.45) is 0.728. The maximum Gasteiger partial charge on any atom is 0.343 e. The first kappa shape index (κ1) is 18.4. The number of anilines is 1. The highest BCUT2D eigenvalue weighted by atomic mass is 32.2. The van der Waals surface area contributed by atoms with Crippen LogP contribution in [-0.4, -0.2) is 67.6 Å². The fraction of sp³-hybridized carbons (Fsp3) is 0.375. The van der Waals surface area contributed by atoms with E-state index in [4.69, 9.17) is 9.26 Å². The highest BCUT2D eigenvalue weighted by Crippen LogP contribution is 2.29. The number of morpholine rings is 1. The molecule has 1 atom stereocenters. The third-order valence-corrected chi connectivity index (χ3v) is 5.28. The van der Waals surface area contributed by atoms with Crippen LogP contribution in [0.5, 0.6) is 0 Å². The van der Waals surface area contributed by atoms with Crippen LogP contribution in [0.1, 0.15) is 10.4 Å². The largest absolute Gasteiger partial charge is 0.477 e. The highest BCUT2D eigenvalue weighted by molar-refractivity contribution is 7.88. The molecule has 0 amide bonds. The number of nitrogens with zero attached hydrogens (tertiary/aromatic N) is 2. The van der Waals surface area contributed by atoms with Crippen molar-refractivity contribution in [2.75, 3.05) is 37.8 Å². The van der Waals surface area contributed by atoms with Crippen LogP contribution in [0, 0.1) is 0 Å². The number of carboxylic acid groups (broad SMARTS) is 1. The zero-order chi connectivity index (χ0) is 18.7. The average molecular weight is 381 g/mol. The molecule has 0 aliphatic carbocycles. The van der Waals surface area contributed by atoms with Crippen LogP contribution in [0.15, 0.2) is 34.9 Å². The van der Waals surface area contributed by atoms with Crippen molar-refractivity contribution in [3.05, 3.63) is 35.9 Å². The van der Waals surface area contributed by atoms with E-state index in [1.54, 1.807) is 24.3 Å². The Morgan fingerprint density at radius 3 is 2.77 bits per heavy atom. The van der Waals surface area contributed by atoms with Gasteiger partial charge in [0.2, 0.25) is 10.0 Å². The molecule has 0 bridgehead atoms. The van der Waals surface area contributed by atoms with Crippen LogP contribution in [0.3, 0.4) is 0 Å². The SMILES string of the molecule is CS(=O)(=O)N1CCOC(CNc2noc(-c3ccccc3)c2C(=O)O)C1. The van der Waals surface area contributed by atoms with Gasteiger partial charge >= 0.3 is 5.97 Å². The molecule has 1 aromatic heterocycles. The zero-order valence-electron chi connectivity index (χ0n) is 14.1. The minimum absolute atomic E-state index is 0.0769. The van der Waals surface area contributed by atoms with E-state index in [1.165, 1.54) is 4.31 Å². The van der Waals surface area contributed by atoms with Crippen LogP contribution < -0.4 is 5.32 Å². The molecule has 9 nitrogen and oxygen atoms in total. The van der Waals surface area contributed by atoms with Crippen LogP contribution >= 0.6 is 0 Å². The summed E-state index contributed by atoms with van der Waals surface area (Å²) in [6, 6.07) is 8.81. The molecule has 2 aromatic rings. The van der Waals surface area contributed by atoms with Gasteiger partial charge in [-0.05, 0) is 0 Å².